The number of anilines is 1. The van der Waals surface area contributed by atoms with E-state index >= 15 is 0 Å². The minimum atomic E-state index is -0.380. The van der Waals surface area contributed by atoms with Crippen LogP contribution in [0.15, 0.2) is 24.3 Å². The normalized spacial score (nSPS) is 14.8. The zero-order valence-electron chi connectivity index (χ0n) is 9.53. The third-order valence-corrected chi connectivity index (χ3v) is 3.25. The van der Waals surface area contributed by atoms with E-state index in [4.69, 9.17) is 17.3 Å². The zero-order valence-corrected chi connectivity index (χ0v) is 10.3. The van der Waals surface area contributed by atoms with Crippen molar-refractivity contribution in [3.05, 3.63) is 40.8 Å². The molecule has 1 fully saturated rings. The Morgan fingerprint density at radius 2 is 2.00 bits per heavy atom. The SMILES string of the molecule is Nc1cc(C2CC2)nc(-c2ccc(F)cc2Cl)n1. The molecule has 2 N–H and O–H groups in total. The lowest BCUT2D eigenvalue weighted by atomic mass is 10.2. The molecule has 3 nitrogen and oxygen atoms in total. The molecule has 0 aliphatic heterocycles. The Labute approximate surface area is 109 Å². The first-order chi connectivity index (χ1) is 8.63. The zero-order chi connectivity index (χ0) is 12.7. The standard InChI is InChI=1S/C13H11ClFN3/c14-10-5-8(15)3-4-9(10)13-17-11(7-1-2-7)6-12(16)18-13/h3-7H,1-2H2,(H2,16,17,18). The number of rotatable bonds is 2. The number of halogens is 2. The predicted molar refractivity (Wildman–Crippen MR) is 68.8 cm³/mol. The van der Waals surface area contributed by atoms with Gasteiger partial charge in [-0.15, -0.1) is 0 Å². The van der Waals surface area contributed by atoms with E-state index in [1.54, 1.807) is 12.1 Å². The van der Waals surface area contributed by atoms with Crippen LogP contribution in [0.4, 0.5) is 10.2 Å². The van der Waals surface area contributed by atoms with Gasteiger partial charge in [-0.05, 0) is 31.0 Å². The summed E-state index contributed by atoms with van der Waals surface area (Å²) in [4.78, 5) is 8.62. The van der Waals surface area contributed by atoms with Crippen molar-refractivity contribution in [1.29, 1.82) is 0 Å². The smallest absolute Gasteiger partial charge is 0.163 e. The first kappa shape index (κ1) is 11.4. The van der Waals surface area contributed by atoms with E-state index in [9.17, 15) is 4.39 Å². The minimum absolute atomic E-state index is 0.294. The molecule has 3 rings (SSSR count). The Bertz CT molecular complexity index is 611. The summed E-state index contributed by atoms with van der Waals surface area (Å²) < 4.78 is 13.0. The second-order valence-electron chi connectivity index (χ2n) is 4.44. The van der Waals surface area contributed by atoms with Crippen LogP contribution in [-0.4, -0.2) is 9.97 Å². The Morgan fingerprint density at radius 1 is 1.22 bits per heavy atom. The molecule has 0 spiro atoms. The quantitative estimate of drug-likeness (QED) is 0.903. The fourth-order valence-corrected chi connectivity index (χ4v) is 2.12. The molecule has 1 heterocycles. The third kappa shape index (κ3) is 2.16. The van der Waals surface area contributed by atoms with E-state index < -0.39 is 0 Å². The van der Waals surface area contributed by atoms with Gasteiger partial charge in [-0.3, -0.25) is 0 Å². The summed E-state index contributed by atoms with van der Waals surface area (Å²) in [5, 5.41) is 0.294. The number of hydrogen-bond donors (Lipinski definition) is 1. The van der Waals surface area contributed by atoms with E-state index in [-0.39, 0.29) is 5.82 Å². The van der Waals surface area contributed by atoms with Gasteiger partial charge in [0.25, 0.3) is 0 Å². The summed E-state index contributed by atoms with van der Waals surface area (Å²) in [6, 6.07) is 5.95. The van der Waals surface area contributed by atoms with Crippen LogP contribution < -0.4 is 5.73 Å². The Kier molecular flexibility index (Phi) is 2.67. The molecular weight excluding hydrogens is 253 g/mol. The van der Waals surface area contributed by atoms with Gasteiger partial charge in [0, 0.05) is 23.2 Å². The van der Waals surface area contributed by atoms with E-state index in [2.05, 4.69) is 9.97 Å². The second-order valence-corrected chi connectivity index (χ2v) is 4.85. The van der Waals surface area contributed by atoms with Crippen molar-refractivity contribution in [3.63, 3.8) is 0 Å². The van der Waals surface area contributed by atoms with Gasteiger partial charge in [0.2, 0.25) is 0 Å². The summed E-state index contributed by atoms with van der Waals surface area (Å²) in [5.74, 6) is 0.979. The maximum Gasteiger partial charge on any atom is 0.163 e. The first-order valence-corrected chi connectivity index (χ1v) is 6.11. The van der Waals surface area contributed by atoms with Crippen LogP contribution in [0, 0.1) is 5.82 Å². The molecule has 1 saturated carbocycles. The molecule has 2 aromatic rings. The molecule has 0 bridgehead atoms. The van der Waals surface area contributed by atoms with Crippen molar-refractivity contribution in [2.45, 2.75) is 18.8 Å². The van der Waals surface area contributed by atoms with Gasteiger partial charge in [-0.2, -0.15) is 0 Å². The van der Waals surface area contributed by atoms with Crippen molar-refractivity contribution in [2.24, 2.45) is 0 Å². The van der Waals surface area contributed by atoms with Gasteiger partial charge < -0.3 is 5.73 Å². The van der Waals surface area contributed by atoms with Gasteiger partial charge in [-0.25, -0.2) is 14.4 Å². The van der Waals surface area contributed by atoms with Crippen molar-refractivity contribution < 1.29 is 4.39 Å². The van der Waals surface area contributed by atoms with E-state index in [1.165, 1.54) is 12.1 Å². The van der Waals surface area contributed by atoms with Crippen LogP contribution in [0.2, 0.25) is 5.02 Å². The van der Waals surface area contributed by atoms with E-state index in [0.29, 0.717) is 28.1 Å². The highest BCUT2D eigenvalue weighted by Crippen LogP contribution is 2.40. The summed E-state index contributed by atoms with van der Waals surface area (Å²) in [7, 11) is 0. The fraction of sp³-hybridized carbons (Fsp3) is 0.231. The van der Waals surface area contributed by atoms with Crippen LogP contribution in [0.5, 0.6) is 0 Å². The van der Waals surface area contributed by atoms with Gasteiger partial charge in [-0.1, -0.05) is 11.6 Å². The van der Waals surface area contributed by atoms with E-state index in [1.807, 2.05) is 0 Å². The Balaban J connectivity index is 2.10. The number of nitrogen functional groups attached to an aromatic ring is 1. The van der Waals surface area contributed by atoms with Crippen molar-refractivity contribution in [2.75, 3.05) is 5.73 Å². The number of nitrogens with zero attached hydrogens (tertiary/aromatic N) is 2. The molecule has 1 aromatic heterocycles. The van der Waals surface area contributed by atoms with Gasteiger partial charge in [0.15, 0.2) is 5.82 Å². The average Bonchev–Trinajstić information content (AvgIpc) is 3.11. The number of aromatic nitrogens is 2. The first-order valence-electron chi connectivity index (χ1n) is 5.73. The highest BCUT2D eigenvalue weighted by atomic mass is 35.5. The molecule has 18 heavy (non-hydrogen) atoms. The molecule has 0 atom stereocenters. The number of benzene rings is 1. The predicted octanol–water partition coefficient (Wildman–Crippen LogP) is 3.40. The second kappa shape index (κ2) is 4.21. The summed E-state index contributed by atoms with van der Waals surface area (Å²) in [6.45, 7) is 0. The molecule has 0 saturated heterocycles. The molecule has 0 unspecified atom stereocenters. The van der Waals surface area contributed by atoms with Gasteiger partial charge >= 0.3 is 0 Å². The monoisotopic (exact) mass is 263 g/mol. The van der Waals surface area contributed by atoms with Gasteiger partial charge in [0.1, 0.15) is 11.6 Å². The molecule has 92 valence electrons. The molecule has 0 amide bonds. The maximum atomic E-state index is 13.0. The van der Waals surface area contributed by atoms with Gasteiger partial charge in [0.05, 0.1) is 5.02 Å². The molecule has 1 aliphatic carbocycles. The summed E-state index contributed by atoms with van der Waals surface area (Å²) in [5.41, 5.74) is 7.32. The lowest BCUT2D eigenvalue weighted by molar-refractivity contribution is 0.628. The van der Waals surface area contributed by atoms with E-state index in [0.717, 1.165) is 18.5 Å². The minimum Gasteiger partial charge on any atom is -0.384 e. The van der Waals surface area contributed by atoms with Crippen LogP contribution in [-0.2, 0) is 0 Å². The van der Waals surface area contributed by atoms with Crippen LogP contribution in [0.3, 0.4) is 0 Å². The lowest BCUT2D eigenvalue weighted by Gasteiger charge is -2.06. The fourth-order valence-electron chi connectivity index (χ4n) is 1.87. The van der Waals surface area contributed by atoms with Crippen LogP contribution in [0.25, 0.3) is 11.4 Å². The number of nitrogens with two attached hydrogens (primary N) is 1. The molecule has 1 aliphatic rings. The largest absolute Gasteiger partial charge is 0.384 e. The topological polar surface area (TPSA) is 51.8 Å². The summed E-state index contributed by atoms with van der Waals surface area (Å²) in [6.07, 6.45) is 2.26. The molecular formula is C13H11ClFN3. The molecule has 1 aromatic carbocycles. The average molecular weight is 264 g/mol. The highest BCUT2D eigenvalue weighted by molar-refractivity contribution is 6.33. The molecule has 0 radical (unpaired) electrons. The number of hydrogen-bond acceptors (Lipinski definition) is 3. The van der Waals surface area contributed by atoms with Crippen molar-refractivity contribution in [3.8, 4) is 11.4 Å². The van der Waals surface area contributed by atoms with Crippen LogP contribution in [0.1, 0.15) is 24.5 Å². The van der Waals surface area contributed by atoms with Crippen LogP contribution >= 0.6 is 11.6 Å². The molecule has 5 heteroatoms. The lowest BCUT2D eigenvalue weighted by Crippen LogP contribution is -2.00. The van der Waals surface area contributed by atoms with Crippen molar-refractivity contribution >= 4 is 17.4 Å². The summed E-state index contributed by atoms with van der Waals surface area (Å²) >= 11 is 6.00. The Morgan fingerprint density at radius 3 is 2.67 bits per heavy atom. The third-order valence-electron chi connectivity index (χ3n) is 2.93. The maximum absolute atomic E-state index is 13.0. The Hall–Kier alpha value is -1.68. The van der Waals surface area contributed by atoms with Crippen molar-refractivity contribution in [1.82, 2.24) is 9.97 Å². The highest BCUT2D eigenvalue weighted by Gasteiger charge is 2.26.